The summed E-state index contributed by atoms with van der Waals surface area (Å²) in [6.45, 7) is 2.72. The Labute approximate surface area is 207 Å². The highest BCUT2D eigenvalue weighted by Crippen LogP contribution is 2.34. The number of hydrogen-bond acceptors (Lipinski definition) is 7. The number of unbranched alkanes of at least 4 members (excludes halogenated alkanes) is 3. The average Bonchev–Trinajstić information content (AvgIpc) is 2.81. The molecule has 0 atom stereocenters. The van der Waals surface area contributed by atoms with Crippen LogP contribution in [0.3, 0.4) is 0 Å². The van der Waals surface area contributed by atoms with Crippen LogP contribution in [0.5, 0.6) is 5.75 Å². The maximum atomic E-state index is 6.37. The number of isothiocyanates is 3. The molecule has 0 unspecified atom stereocenters. The van der Waals surface area contributed by atoms with Gasteiger partial charge in [-0.25, -0.2) is 14.0 Å². The van der Waals surface area contributed by atoms with Crippen LogP contribution >= 0.6 is 36.7 Å². The van der Waals surface area contributed by atoms with Gasteiger partial charge < -0.3 is 4.74 Å². The summed E-state index contributed by atoms with van der Waals surface area (Å²) in [4.78, 5) is 0. The molecule has 8 heteroatoms. The van der Waals surface area contributed by atoms with Crippen LogP contribution in [0.15, 0.2) is 62.5 Å². The first-order valence-electron chi connectivity index (χ1n) is 10.8. The lowest BCUT2D eigenvalue weighted by molar-refractivity contribution is 0.314. The molecule has 0 amide bonds. The number of para-hydroxylation sites is 1. The molecule has 0 heterocycles. The predicted octanol–water partition coefficient (Wildman–Crippen LogP) is 7.49. The maximum absolute atomic E-state index is 6.37. The van der Waals surface area contributed by atoms with Crippen molar-refractivity contribution in [2.75, 3.05) is 6.61 Å². The molecule has 0 N–H and O–H groups in total. The van der Waals surface area contributed by atoms with E-state index in [2.05, 4.69) is 66.7 Å². The van der Waals surface area contributed by atoms with E-state index in [-0.39, 0.29) is 0 Å². The molecule has 0 bridgehead atoms. The van der Waals surface area contributed by atoms with E-state index in [1.54, 1.807) is 0 Å². The van der Waals surface area contributed by atoms with Crippen LogP contribution in [-0.4, -0.2) is 30.6 Å². The molecule has 0 fully saturated rings. The second-order valence-corrected chi connectivity index (χ2v) is 10.6. The number of hydrogen-bond donors (Lipinski definition) is 0. The minimum atomic E-state index is -2.91. The third kappa shape index (κ3) is 8.08. The first-order valence-corrected chi connectivity index (χ1v) is 14.0. The van der Waals surface area contributed by atoms with Gasteiger partial charge in [0.15, 0.2) is 0 Å². The van der Waals surface area contributed by atoms with E-state index >= 15 is 0 Å². The van der Waals surface area contributed by atoms with Crippen LogP contribution in [-0.2, 0) is 6.42 Å². The van der Waals surface area contributed by atoms with Crippen molar-refractivity contribution in [1.82, 2.24) is 0 Å². The fourth-order valence-corrected chi connectivity index (χ4v) is 6.34. The third-order valence-electron chi connectivity index (χ3n) is 5.06. The van der Waals surface area contributed by atoms with Gasteiger partial charge in [-0.05, 0) is 67.0 Å². The largest absolute Gasteiger partial charge is 0.493 e. The van der Waals surface area contributed by atoms with E-state index in [9.17, 15) is 0 Å². The molecule has 0 aromatic heterocycles. The first kappa shape index (κ1) is 26.1. The molecule has 0 saturated heterocycles. The Morgan fingerprint density at radius 1 is 0.812 bits per heavy atom. The van der Waals surface area contributed by atoms with Gasteiger partial charge in [0.2, 0.25) is 0 Å². The highest BCUT2D eigenvalue weighted by molar-refractivity contribution is 7.78. The SMILES string of the molecule is CCCCCCc1cccc(-c2ccccc2)c1OCCC[Si](N=C=S)(N=C=S)N=C=S. The number of nitrogens with zero attached hydrogens (tertiary/aromatic N) is 3. The van der Waals surface area contributed by atoms with Gasteiger partial charge >= 0.3 is 8.56 Å². The zero-order chi connectivity index (χ0) is 23.1. The first-order chi connectivity index (χ1) is 15.7. The third-order valence-corrected chi connectivity index (χ3v) is 8.25. The van der Waals surface area contributed by atoms with Gasteiger partial charge in [-0.15, -0.1) is 0 Å². The van der Waals surface area contributed by atoms with Gasteiger partial charge in [0, 0.05) is 11.6 Å². The second-order valence-electron chi connectivity index (χ2n) is 7.31. The van der Waals surface area contributed by atoms with Crippen molar-refractivity contribution < 1.29 is 4.74 Å². The Morgan fingerprint density at radius 3 is 2.12 bits per heavy atom. The normalized spacial score (nSPS) is 11.9. The van der Waals surface area contributed by atoms with Gasteiger partial charge in [-0.3, -0.25) is 0 Å². The summed E-state index contributed by atoms with van der Waals surface area (Å²) < 4.78 is 18.9. The Kier molecular flexibility index (Phi) is 12.1. The lowest BCUT2D eigenvalue weighted by Gasteiger charge is -2.18. The zero-order valence-electron chi connectivity index (χ0n) is 18.3. The molecule has 0 aliphatic carbocycles. The number of benzene rings is 2. The number of thiocarbonyl (C=S) groups is 3. The van der Waals surface area contributed by atoms with Crippen molar-refractivity contribution in [3.8, 4) is 16.9 Å². The smallest absolute Gasteiger partial charge is 0.461 e. The molecule has 2 rings (SSSR count). The van der Waals surface area contributed by atoms with Crippen LogP contribution in [0.2, 0.25) is 6.04 Å². The number of aryl methyl sites for hydroxylation is 1. The summed E-state index contributed by atoms with van der Waals surface area (Å²) in [7, 11) is -2.91. The quantitative estimate of drug-likeness (QED) is 0.117. The standard InChI is InChI=1S/C24H27N3OS3Si/c1-2-3-4-6-13-22-14-9-15-23(21-11-7-5-8-12-21)24(22)28-16-10-17-32(25-18-29,26-19-30)27-20-31/h5,7-9,11-12,14-15H,2-4,6,10,13,16-17H2,1H3. The van der Waals surface area contributed by atoms with Crippen molar-refractivity contribution in [2.24, 2.45) is 14.0 Å². The molecule has 0 spiro atoms. The highest BCUT2D eigenvalue weighted by Gasteiger charge is 2.34. The fourth-order valence-electron chi connectivity index (χ4n) is 3.48. The van der Waals surface area contributed by atoms with Crippen LogP contribution in [0.25, 0.3) is 11.1 Å². The summed E-state index contributed by atoms with van der Waals surface area (Å²) in [5.74, 6) is 0.942. The van der Waals surface area contributed by atoms with Gasteiger partial charge in [0.25, 0.3) is 0 Å². The molecule has 32 heavy (non-hydrogen) atoms. The van der Waals surface area contributed by atoms with Gasteiger partial charge in [0.1, 0.15) is 5.75 Å². The number of ether oxygens (including phenoxy) is 1. The van der Waals surface area contributed by atoms with E-state index in [1.165, 1.54) is 24.8 Å². The lowest BCUT2D eigenvalue weighted by Crippen LogP contribution is -2.28. The molecule has 4 nitrogen and oxygen atoms in total. The van der Waals surface area contributed by atoms with E-state index in [0.29, 0.717) is 19.1 Å². The topological polar surface area (TPSA) is 46.3 Å². The number of rotatable bonds is 14. The minimum absolute atomic E-state index is 0.493. The second kappa shape index (κ2) is 14.8. The molecule has 0 aliphatic rings. The van der Waals surface area contributed by atoms with Crippen LogP contribution in [0.4, 0.5) is 0 Å². The van der Waals surface area contributed by atoms with Crippen molar-refractivity contribution in [2.45, 2.75) is 51.5 Å². The van der Waals surface area contributed by atoms with Crippen molar-refractivity contribution in [3.05, 3.63) is 54.1 Å². The molecule has 0 saturated carbocycles. The van der Waals surface area contributed by atoms with Crippen molar-refractivity contribution in [3.63, 3.8) is 0 Å². The van der Waals surface area contributed by atoms with E-state index < -0.39 is 8.56 Å². The van der Waals surface area contributed by atoms with E-state index in [1.807, 2.05) is 18.2 Å². The van der Waals surface area contributed by atoms with Crippen LogP contribution in [0, 0.1) is 0 Å². The molecule has 0 radical (unpaired) electrons. The predicted molar refractivity (Wildman–Crippen MR) is 145 cm³/mol. The minimum Gasteiger partial charge on any atom is -0.493 e. The van der Waals surface area contributed by atoms with Gasteiger partial charge in [-0.1, -0.05) is 74.7 Å². The molecule has 0 aliphatic heterocycles. The van der Waals surface area contributed by atoms with Crippen molar-refractivity contribution in [1.29, 1.82) is 0 Å². The maximum Gasteiger partial charge on any atom is 0.461 e. The fraction of sp³-hybridized carbons (Fsp3) is 0.375. The summed E-state index contributed by atoms with van der Waals surface area (Å²) in [6, 6.07) is 17.3. The molecule has 2 aromatic rings. The summed E-state index contributed by atoms with van der Waals surface area (Å²) >= 11 is 14.3. The van der Waals surface area contributed by atoms with E-state index in [4.69, 9.17) is 41.4 Å². The molecule has 2 aromatic carbocycles. The van der Waals surface area contributed by atoms with Crippen molar-refractivity contribution >= 4 is 60.7 Å². The zero-order valence-corrected chi connectivity index (χ0v) is 21.7. The Bertz CT molecular complexity index is 967. The summed E-state index contributed by atoms with van der Waals surface area (Å²) in [5.41, 5.74) is 3.48. The van der Waals surface area contributed by atoms with Gasteiger partial charge in [0.05, 0.1) is 22.1 Å². The Hall–Kier alpha value is -2.14. The monoisotopic (exact) mass is 497 g/mol. The summed E-state index contributed by atoms with van der Waals surface area (Å²) in [5, 5.41) is 7.14. The Balaban J connectivity index is 2.21. The Morgan fingerprint density at radius 2 is 1.50 bits per heavy atom. The average molecular weight is 498 g/mol. The molecule has 166 valence electrons. The van der Waals surface area contributed by atoms with Gasteiger partial charge in [-0.2, -0.15) is 0 Å². The lowest BCUT2D eigenvalue weighted by atomic mass is 9.98. The van der Waals surface area contributed by atoms with Crippen LogP contribution < -0.4 is 4.74 Å². The highest BCUT2D eigenvalue weighted by atomic mass is 32.1. The molecular weight excluding hydrogens is 471 g/mol. The molecular formula is C24H27N3OS3Si. The van der Waals surface area contributed by atoms with E-state index in [0.717, 1.165) is 29.7 Å². The van der Waals surface area contributed by atoms with Crippen LogP contribution in [0.1, 0.15) is 44.6 Å². The summed E-state index contributed by atoms with van der Waals surface area (Å²) in [6.07, 6.45) is 6.51.